The van der Waals surface area contributed by atoms with Gasteiger partial charge in [0.15, 0.2) is 0 Å². The fourth-order valence-corrected chi connectivity index (χ4v) is 2.58. The van der Waals surface area contributed by atoms with Crippen molar-refractivity contribution in [2.75, 3.05) is 25.4 Å². The van der Waals surface area contributed by atoms with Gasteiger partial charge < -0.3 is 15.4 Å². The van der Waals surface area contributed by atoms with Crippen LogP contribution in [0, 0.1) is 0 Å². The number of ether oxygens (including phenoxy) is 1. The van der Waals surface area contributed by atoms with Crippen molar-refractivity contribution in [3.63, 3.8) is 0 Å². The van der Waals surface area contributed by atoms with Gasteiger partial charge in [0.05, 0.1) is 11.8 Å². The van der Waals surface area contributed by atoms with Crippen LogP contribution in [0.25, 0.3) is 0 Å². The van der Waals surface area contributed by atoms with Crippen LogP contribution in [0.4, 0.5) is 4.79 Å². The topological polar surface area (TPSA) is 102 Å². The van der Waals surface area contributed by atoms with Gasteiger partial charge in [-0.25, -0.2) is 17.9 Å². The van der Waals surface area contributed by atoms with E-state index in [0.717, 1.165) is 0 Å². The van der Waals surface area contributed by atoms with Gasteiger partial charge >= 0.3 is 6.09 Å². The second-order valence-corrected chi connectivity index (χ2v) is 7.18. The molecular formula is C10H21N3O4S. The normalized spacial score (nSPS) is 17.4. The van der Waals surface area contributed by atoms with E-state index >= 15 is 0 Å². The summed E-state index contributed by atoms with van der Waals surface area (Å²) in [7, 11) is -3.33. The highest BCUT2D eigenvalue weighted by molar-refractivity contribution is 7.89. The van der Waals surface area contributed by atoms with Crippen molar-refractivity contribution < 1.29 is 17.9 Å². The first-order valence-electron chi connectivity index (χ1n) is 5.81. The van der Waals surface area contributed by atoms with Gasteiger partial charge in [-0.1, -0.05) is 0 Å². The minimum atomic E-state index is -3.33. The first-order chi connectivity index (χ1) is 8.13. The molecule has 0 spiro atoms. The molecule has 18 heavy (non-hydrogen) atoms. The zero-order valence-electron chi connectivity index (χ0n) is 11.0. The van der Waals surface area contributed by atoms with E-state index in [1.54, 1.807) is 20.8 Å². The Balaban J connectivity index is 2.34. The summed E-state index contributed by atoms with van der Waals surface area (Å²) in [5.41, 5.74) is 4.65. The third-order valence-electron chi connectivity index (χ3n) is 2.27. The number of sulfonamides is 1. The van der Waals surface area contributed by atoms with Gasteiger partial charge in [0.25, 0.3) is 0 Å². The predicted molar refractivity (Wildman–Crippen MR) is 67.6 cm³/mol. The Hall–Kier alpha value is -0.860. The van der Waals surface area contributed by atoms with Gasteiger partial charge in [-0.05, 0) is 20.8 Å². The van der Waals surface area contributed by atoms with E-state index in [0.29, 0.717) is 13.1 Å². The van der Waals surface area contributed by atoms with Gasteiger partial charge in [0, 0.05) is 19.6 Å². The fraction of sp³-hybridized carbons (Fsp3) is 0.900. The molecule has 3 N–H and O–H groups in total. The van der Waals surface area contributed by atoms with E-state index < -0.39 is 21.7 Å². The Labute approximate surface area is 108 Å². The van der Waals surface area contributed by atoms with Crippen LogP contribution in [0.5, 0.6) is 0 Å². The average Bonchev–Trinajstić information content (AvgIpc) is 2.07. The first-order valence-corrected chi connectivity index (χ1v) is 7.46. The maximum Gasteiger partial charge on any atom is 0.410 e. The lowest BCUT2D eigenvalue weighted by Crippen LogP contribution is -2.61. The molecule has 1 rings (SSSR count). The minimum Gasteiger partial charge on any atom is -0.444 e. The standard InChI is InChI=1S/C10H21N3O4S/c1-10(2,3)17-9(14)13-6-8(7-13)12-18(15,16)5-4-11/h8,12H,4-7,11H2,1-3H3. The number of nitrogens with one attached hydrogen (secondary N) is 1. The van der Waals surface area contributed by atoms with Crippen molar-refractivity contribution in [2.24, 2.45) is 5.73 Å². The molecule has 0 aromatic rings. The molecule has 8 heteroatoms. The molecule has 0 aromatic carbocycles. The predicted octanol–water partition coefficient (Wildman–Crippen LogP) is -0.516. The summed E-state index contributed by atoms with van der Waals surface area (Å²) in [4.78, 5) is 13.0. The van der Waals surface area contributed by atoms with E-state index in [1.165, 1.54) is 4.90 Å². The highest BCUT2D eigenvalue weighted by atomic mass is 32.2. The lowest BCUT2D eigenvalue weighted by molar-refractivity contribution is 0.00738. The fourth-order valence-electron chi connectivity index (χ4n) is 1.50. The Morgan fingerprint density at radius 2 is 2.00 bits per heavy atom. The number of carbonyl (C=O) groups excluding carboxylic acids is 1. The molecule has 1 aliphatic heterocycles. The molecule has 0 saturated carbocycles. The van der Waals surface area contributed by atoms with Crippen LogP contribution in [0.2, 0.25) is 0 Å². The molecule has 1 aliphatic rings. The van der Waals surface area contributed by atoms with E-state index in [4.69, 9.17) is 10.5 Å². The summed E-state index contributed by atoms with van der Waals surface area (Å²) in [5, 5.41) is 0. The molecule has 106 valence electrons. The van der Waals surface area contributed by atoms with Crippen LogP contribution in [-0.2, 0) is 14.8 Å². The average molecular weight is 279 g/mol. The lowest BCUT2D eigenvalue weighted by Gasteiger charge is -2.39. The van der Waals surface area contributed by atoms with Crippen molar-refractivity contribution >= 4 is 16.1 Å². The van der Waals surface area contributed by atoms with Crippen molar-refractivity contribution in [1.29, 1.82) is 0 Å². The van der Waals surface area contributed by atoms with Gasteiger partial charge in [0.1, 0.15) is 5.60 Å². The maximum absolute atomic E-state index is 11.6. The highest BCUT2D eigenvalue weighted by Gasteiger charge is 2.35. The number of amides is 1. The number of rotatable bonds is 4. The SMILES string of the molecule is CC(C)(C)OC(=O)N1CC(NS(=O)(=O)CCN)C1. The van der Waals surface area contributed by atoms with Crippen molar-refractivity contribution in [2.45, 2.75) is 32.4 Å². The van der Waals surface area contributed by atoms with Crippen molar-refractivity contribution in [3.05, 3.63) is 0 Å². The molecule has 0 aromatic heterocycles. The molecule has 1 amide bonds. The molecule has 0 aliphatic carbocycles. The van der Waals surface area contributed by atoms with E-state index in [9.17, 15) is 13.2 Å². The lowest BCUT2D eigenvalue weighted by atomic mass is 10.1. The monoisotopic (exact) mass is 279 g/mol. The molecule has 0 bridgehead atoms. The molecular weight excluding hydrogens is 258 g/mol. The Morgan fingerprint density at radius 3 is 2.44 bits per heavy atom. The number of likely N-dealkylation sites (tertiary alicyclic amines) is 1. The molecule has 1 fully saturated rings. The zero-order chi connectivity index (χ0) is 14.0. The van der Waals surface area contributed by atoms with Crippen molar-refractivity contribution in [3.8, 4) is 0 Å². The van der Waals surface area contributed by atoms with Gasteiger partial charge in [-0.15, -0.1) is 0 Å². The Kier molecular flexibility index (Phi) is 4.57. The number of nitrogens with zero attached hydrogens (tertiary/aromatic N) is 1. The molecule has 1 saturated heterocycles. The van der Waals surface area contributed by atoms with E-state index in [1.807, 2.05) is 0 Å². The Morgan fingerprint density at radius 1 is 1.44 bits per heavy atom. The van der Waals surface area contributed by atoms with Gasteiger partial charge in [-0.2, -0.15) is 0 Å². The van der Waals surface area contributed by atoms with Crippen LogP contribution < -0.4 is 10.5 Å². The van der Waals surface area contributed by atoms with Crippen LogP contribution in [0.1, 0.15) is 20.8 Å². The molecule has 0 radical (unpaired) electrons. The van der Waals surface area contributed by atoms with E-state index in [2.05, 4.69) is 4.72 Å². The van der Waals surface area contributed by atoms with Crippen LogP contribution in [0.3, 0.4) is 0 Å². The number of hydrogen-bond donors (Lipinski definition) is 2. The second kappa shape index (κ2) is 5.41. The molecule has 0 unspecified atom stereocenters. The number of nitrogens with two attached hydrogens (primary N) is 1. The van der Waals surface area contributed by atoms with Crippen LogP contribution in [-0.4, -0.2) is 56.4 Å². The third kappa shape index (κ3) is 4.79. The summed E-state index contributed by atoms with van der Waals surface area (Å²) in [5.74, 6) is -0.101. The summed E-state index contributed by atoms with van der Waals surface area (Å²) in [6.07, 6.45) is -0.420. The Bertz CT molecular complexity index is 396. The van der Waals surface area contributed by atoms with E-state index in [-0.39, 0.29) is 18.3 Å². The van der Waals surface area contributed by atoms with Crippen molar-refractivity contribution in [1.82, 2.24) is 9.62 Å². The highest BCUT2D eigenvalue weighted by Crippen LogP contribution is 2.15. The molecule has 7 nitrogen and oxygen atoms in total. The van der Waals surface area contributed by atoms with Gasteiger partial charge in [0.2, 0.25) is 10.0 Å². The summed E-state index contributed by atoms with van der Waals surface area (Å²) in [6.45, 7) is 6.10. The minimum absolute atomic E-state index is 0.0812. The summed E-state index contributed by atoms with van der Waals surface area (Å²) < 4.78 is 30.5. The quantitative estimate of drug-likeness (QED) is 0.721. The number of hydrogen-bond acceptors (Lipinski definition) is 5. The first kappa shape index (κ1) is 15.2. The van der Waals surface area contributed by atoms with Crippen LogP contribution in [0.15, 0.2) is 0 Å². The molecule has 1 heterocycles. The third-order valence-corrected chi connectivity index (χ3v) is 3.73. The zero-order valence-corrected chi connectivity index (χ0v) is 11.8. The maximum atomic E-state index is 11.6. The smallest absolute Gasteiger partial charge is 0.410 e. The largest absolute Gasteiger partial charge is 0.444 e. The van der Waals surface area contributed by atoms with Crippen LogP contribution >= 0.6 is 0 Å². The second-order valence-electron chi connectivity index (χ2n) is 5.31. The molecule has 0 atom stereocenters. The van der Waals surface area contributed by atoms with Gasteiger partial charge in [-0.3, -0.25) is 0 Å². The summed E-state index contributed by atoms with van der Waals surface area (Å²) >= 11 is 0. The summed E-state index contributed by atoms with van der Waals surface area (Å²) in [6, 6.07) is -0.242. The number of carbonyl (C=O) groups is 1.